The van der Waals surface area contributed by atoms with Crippen LogP contribution in [0.25, 0.3) is 11.4 Å². The first-order valence-corrected chi connectivity index (χ1v) is 8.65. The Morgan fingerprint density at radius 3 is 3.09 bits per heavy atom. The van der Waals surface area contributed by atoms with Crippen LogP contribution in [0.15, 0.2) is 28.8 Å². The molecule has 1 aromatic heterocycles. The molecule has 1 aromatic carbocycles. The lowest BCUT2D eigenvalue weighted by Crippen LogP contribution is -2.33. The third kappa shape index (κ3) is 2.85. The minimum atomic E-state index is 0.374. The molecule has 23 heavy (non-hydrogen) atoms. The van der Waals surface area contributed by atoms with Crippen molar-refractivity contribution in [3.05, 3.63) is 30.2 Å². The van der Waals surface area contributed by atoms with Crippen LogP contribution >= 0.6 is 0 Å². The maximum atomic E-state index is 5.67. The molecule has 2 atom stereocenters. The predicted molar refractivity (Wildman–Crippen MR) is 87.5 cm³/mol. The molecule has 2 fully saturated rings. The quantitative estimate of drug-likeness (QED) is 0.865. The molecule has 5 heteroatoms. The van der Waals surface area contributed by atoms with Crippen LogP contribution in [0.3, 0.4) is 0 Å². The summed E-state index contributed by atoms with van der Waals surface area (Å²) in [6.45, 7) is 4.88. The van der Waals surface area contributed by atoms with Crippen LogP contribution in [-0.4, -0.2) is 40.8 Å². The highest BCUT2D eigenvalue weighted by atomic mass is 16.5. The molecule has 2 unspecified atom stereocenters. The van der Waals surface area contributed by atoms with Gasteiger partial charge in [0, 0.05) is 12.6 Å². The molecule has 0 N–H and O–H groups in total. The standard InChI is InChI=1S/C18H23N3O2/c1-2-22-16-9-4-3-8-15(16)17-19-18(23-20-17)13-11-14-7-5-6-10-21(14)12-13/h3-4,8-9,13-14H,2,5-7,10-12H2,1H3. The lowest BCUT2D eigenvalue weighted by Gasteiger charge is -2.28. The van der Waals surface area contributed by atoms with Crippen molar-refractivity contribution in [1.82, 2.24) is 15.0 Å². The Hall–Kier alpha value is -1.88. The number of nitrogens with zero attached hydrogens (tertiary/aromatic N) is 3. The van der Waals surface area contributed by atoms with E-state index in [1.54, 1.807) is 0 Å². The zero-order valence-corrected chi connectivity index (χ0v) is 13.6. The van der Waals surface area contributed by atoms with Crippen molar-refractivity contribution < 1.29 is 9.26 Å². The number of ether oxygens (including phenoxy) is 1. The van der Waals surface area contributed by atoms with Gasteiger partial charge in [-0.2, -0.15) is 4.98 Å². The summed E-state index contributed by atoms with van der Waals surface area (Å²) in [4.78, 5) is 7.27. The van der Waals surface area contributed by atoms with Gasteiger partial charge < -0.3 is 9.26 Å². The molecule has 2 aliphatic rings. The molecule has 0 spiro atoms. The van der Waals surface area contributed by atoms with Gasteiger partial charge in [-0.25, -0.2) is 0 Å². The van der Waals surface area contributed by atoms with E-state index in [4.69, 9.17) is 9.26 Å². The Kier molecular flexibility index (Phi) is 4.04. The molecular formula is C18H23N3O2. The van der Waals surface area contributed by atoms with E-state index in [1.807, 2.05) is 31.2 Å². The van der Waals surface area contributed by atoms with Crippen molar-refractivity contribution in [2.24, 2.45) is 0 Å². The van der Waals surface area contributed by atoms with Gasteiger partial charge in [-0.15, -0.1) is 0 Å². The lowest BCUT2D eigenvalue weighted by atomic mass is 10.00. The molecular weight excluding hydrogens is 290 g/mol. The molecule has 0 radical (unpaired) electrons. The van der Waals surface area contributed by atoms with Crippen LogP contribution in [0.5, 0.6) is 5.75 Å². The maximum absolute atomic E-state index is 5.67. The van der Waals surface area contributed by atoms with Crippen molar-refractivity contribution in [3.63, 3.8) is 0 Å². The fourth-order valence-corrected chi connectivity index (χ4v) is 3.88. The molecule has 122 valence electrons. The van der Waals surface area contributed by atoms with Gasteiger partial charge in [0.25, 0.3) is 0 Å². The van der Waals surface area contributed by atoms with E-state index in [-0.39, 0.29) is 0 Å². The number of benzene rings is 1. The van der Waals surface area contributed by atoms with Gasteiger partial charge in [-0.05, 0) is 44.9 Å². The highest BCUT2D eigenvalue weighted by Crippen LogP contribution is 2.36. The van der Waals surface area contributed by atoms with Gasteiger partial charge in [0.2, 0.25) is 11.7 Å². The Labute approximate surface area is 136 Å². The first-order valence-electron chi connectivity index (χ1n) is 8.65. The Bertz CT molecular complexity index is 656. The molecule has 2 aliphatic heterocycles. The fourth-order valence-electron chi connectivity index (χ4n) is 3.88. The zero-order valence-electron chi connectivity index (χ0n) is 13.6. The number of hydrogen-bond acceptors (Lipinski definition) is 5. The van der Waals surface area contributed by atoms with Crippen molar-refractivity contribution in [2.75, 3.05) is 19.7 Å². The van der Waals surface area contributed by atoms with Gasteiger partial charge in [0.15, 0.2) is 0 Å². The van der Waals surface area contributed by atoms with Crippen LogP contribution in [0.1, 0.15) is 44.4 Å². The van der Waals surface area contributed by atoms with Crippen LogP contribution in [-0.2, 0) is 0 Å². The Balaban J connectivity index is 1.55. The second kappa shape index (κ2) is 6.32. The maximum Gasteiger partial charge on any atom is 0.231 e. The minimum Gasteiger partial charge on any atom is -0.493 e. The highest BCUT2D eigenvalue weighted by molar-refractivity contribution is 5.63. The van der Waals surface area contributed by atoms with Crippen LogP contribution in [0, 0.1) is 0 Å². The van der Waals surface area contributed by atoms with Crippen LogP contribution in [0.2, 0.25) is 0 Å². The molecule has 2 aromatic rings. The number of rotatable bonds is 4. The van der Waals surface area contributed by atoms with E-state index >= 15 is 0 Å². The fraction of sp³-hybridized carbons (Fsp3) is 0.556. The summed E-state index contributed by atoms with van der Waals surface area (Å²) in [5.41, 5.74) is 0.903. The smallest absolute Gasteiger partial charge is 0.231 e. The van der Waals surface area contributed by atoms with E-state index in [0.717, 1.165) is 30.2 Å². The number of fused-ring (bicyclic) bond motifs is 1. The molecule has 5 nitrogen and oxygen atoms in total. The summed E-state index contributed by atoms with van der Waals surface area (Å²) in [5, 5.41) is 4.21. The molecule has 0 saturated carbocycles. The molecule has 0 bridgehead atoms. The average Bonchev–Trinajstić information content (AvgIpc) is 3.22. The summed E-state index contributed by atoms with van der Waals surface area (Å²) in [5.74, 6) is 2.60. The van der Waals surface area contributed by atoms with Gasteiger partial charge in [-0.3, -0.25) is 4.90 Å². The van der Waals surface area contributed by atoms with Crippen LogP contribution < -0.4 is 4.74 Å². The number of aromatic nitrogens is 2. The van der Waals surface area contributed by atoms with Crippen molar-refractivity contribution in [3.8, 4) is 17.1 Å². The van der Waals surface area contributed by atoms with E-state index in [9.17, 15) is 0 Å². The largest absolute Gasteiger partial charge is 0.493 e. The SMILES string of the molecule is CCOc1ccccc1-c1noc(C2CC3CCCCN3C2)n1. The number of hydrogen-bond donors (Lipinski definition) is 0. The normalized spacial score (nSPS) is 24.6. The van der Waals surface area contributed by atoms with Crippen LogP contribution in [0.4, 0.5) is 0 Å². The van der Waals surface area contributed by atoms with Gasteiger partial charge in [0.1, 0.15) is 5.75 Å². The minimum absolute atomic E-state index is 0.374. The average molecular weight is 313 g/mol. The molecule has 4 rings (SSSR count). The molecule has 3 heterocycles. The van der Waals surface area contributed by atoms with Crippen molar-refractivity contribution in [2.45, 2.75) is 44.6 Å². The van der Waals surface area contributed by atoms with Crippen molar-refractivity contribution in [1.29, 1.82) is 0 Å². The highest BCUT2D eigenvalue weighted by Gasteiger charge is 2.37. The second-order valence-corrected chi connectivity index (χ2v) is 6.46. The summed E-state index contributed by atoms with van der Waals surface area (Å²) in [7, 11) is 0. The molecule has 2 saturated heterocycles. The van der Waals surface area contributed by atoms with Gasteiger partial charge in [-0.1, -0.05) is 23.7 Å². The van der Waals surface area contributed by atoms with Crippen molar-refractivity contribution >= 4 is 0 Å². The topological polar surface area (TPSA) is 51.4 Å². The summed E-state index contributed by atoms with van der Waals surface area (Å²) < 4.78 is 11.3. The molecule has 0 aliphatic carbocycles. The molecule has 0 amide bonds. The second-order valence-electron chi connectivity index (χ2n) is 6.46. The lowest BCUT2D eigenvalue weighted by molar-refractivity contribution is 0.197. The first kappa shape index (κ1) is 14.7. The number of piperidine rings is 1. The Morgan fingerprint density at radius 2 is 2.22 bits per heavy atom. The monoisotopic (exact) mass is 313 g/mol. The first-order chi connectivity index (χ1) is 11.3. The van der Waals surface area contributed by atoms with E-state index < -0.39 is 0 Å². The summed E-state index contributed by atoms with van der Waals surface area (Å²) >= 11 is 0. The third-order valence-electron chi connectivity index (χ3n) is 4.98. The predicted octanol–water partition coefficient (Wildman–Crippen LogP) is 3.48. The third-order valence-corrected chi connectivity index (χ3v) is 4.98. The van der Waals surface area contributed by atoms with Gasteiger partial charge >= 0.3 is 0 Å². The summed E-state index contributed by atoms with van der Waals surface area (Å²) in [6.07, 6.45) is 5.13. The Morgan fingerprint density at radius 1 is 1.30 bits per heavy atom. The van der Waals surface area contributed by atoms with E-state index in [1.165, 1.54) is 25.8 Å². The zero-order chi connectivity index (χ0) is 15.6. The van der Waals surface area contributed by atoms with E-state index in [2.05, 4.69) is 15.0 Å². The van der Waals surface area contributed by atoms with E-state index in [0.29, 0.717) is 24.4 Å². The number of para-hydroxylation sites is 1. The summed E-state index contributed by atoms with van der Waals surface area (Å²) in [6, 6.07) is 8.58. The van der Waals surface area contributed by atoms with Gasteiger partial charge in [0.05, 0.1) is 18.1 Å².